The van der Waals surface area contributed by atoms with Gasteiger partial charge in [-0.15, -0.1) is 0 Å². The van der Waals surface area contributed by atoms with E-state index in [1.54, 1.807) is 51.3 Å². The maximum absolute atomic E-state index is 13.2. The van der Waals surface area contributed by atoms with Gasteiger partial charge in [-0.1, -0.05) is 17.8 Å². The lowest BCUT2D eigenvalue weighted by Gasteiger charge is -2.23. The summed E-state index contributed by atoms with van der Waals surface area (Å²) in [6, 6.07) is 8.39. The summed E-state index contributed by atoms with van der Waals surface area (Å²) < 4.78 is 43.8. The lowest BCUT2D eigenvalue weighted by Crippen LogP contribution is -2.30. The summed E-state index contributed by atoms with van der Waals surface area (Å²) in [7, 11) is 2.48. The molecule has 3 heterocycles. The molecule has 0 saturated heterocycles. The Bertz CT molecular complexity index is 1110. The smallest absolute Gasteiger partial charge is 0.281 e. The zero-order valence-corrected chi connectivity index (χ0v) is 19.9. The zero-order valence-electron chi connectivity index (χ0n) is 18.3. The highest BCUT2D eigenvalue weighted by Crippen LogP contribution is 2.42. The molecule has 1 N–H and O–H groups in total. The van der Waals surface area contributed by atoms with Crippen molar-refractivity contribution in [3.8, 4) is 5.75 Å². The third-order valence-corrected chi connectivity index (χ3v) is 8.54. The number of hydrogen-bond acceptors (Lipinski definition) is 9. The van der Waals surface area contributed by atoms with Crippen molar-refractivity contribution in [2.24, 2.45) is 4.99 Å². The molecule has 0 fully saturated rings. The number of methoxy groups -OCH3 is 3. The number of nitrogens with zero attached hydrogens (tertiary/aromatic N) is 3. The van der Waals surface area contributed by atoms with E-state index in [2.05, 4.69) is 10.3 Å². The minimum atomic E-state index is -3.84. The van der Waals surface area contributed by atoms with Crippen molar-refractivity contribution >= 4 is 38.2 Å². The van der Waals surface area contributed by atoms with Gasteiger partial charge in [-0.2, -0.15) is 8.42 Å². The zero-order chi connectivity index (χ0) is 22.9. The topological polar surface area (TPSA) is 102 Å². The Hall–Kier alpha value is -2.34. The highest BCUT2D eigenvalue weighted by molar-refractivity contribution is 8.15. The van der Waals surface area contributed by atoms with E-state index >= 15 is 0 Å². The van der Waals surface area contributed by atoms with E-state index < -0.39 is 10.0 Å². The summed E-state index contributed by atoms with van der Waals surface area (Å²) >= 11 is 1.63. The third-order valence-electron chi connectivity index (χ3n) is 5.52. The fraction of sp³-hybridized carbons (Fsp3) is 0.429. The van der Waals surface area contributed by atoms with Crippen LogP contribution in [-0.2, 0) is 25.9 Å². The van der Waals surface area contributed by atoms with Crippen molar-refractivity contribution < 1.29 is 22.6 Å². The van der Waals surface area contributed by atoms with Crippen LogP contribution in [0.15, 0.2) is 46.5 Å². The van der Waals surface area contributed by atoms with E-state index in [0.717, 1.165) is 16.3 Å². The summed E-state index contributed by atoms with van der Waals surface area (Å²) in [5, 5.41) is 4.49. The van der Waals surface area contributed by atoms with Gasteiger partial charge < -0.3 is 19.5 Å². The SMILES string of the molecule is COc1cc2c(c(N(C)S(=O)(=O)c3ccccn3)c1)NC(C1=NCC(C(OC)OC)S1)C2. The highest BCUT2D eigenvalue weighted by atomic mass is 32.2. The lowest BCUT2D eigenvalue weighted by atomic mass is 10.1. The fourth-order valence-electron chi connectivity index (χ4n) is 3.86. The molecule has 172 valence electrons. The molecule has 2 aliphatic rings. The molecule has 0 spiro atoms. The van der Waals surface area contributed by atoms with Crippen LogP contribution in [0, 0.1) is 0 Å². The number of benzene rings is 1. The van der Waals surface area contributed by atoms with Crippen LogP contribution in [0.5, 0.6) is 5.75 Å². The molecule has 9 nitrogen and oxygen atoms in total. The van der Waals surface area contributed by atoms with Crippen LogP contribution in [0.2, 0.25) is 0 Å². The van der Waals surface area contributed by atoms with E-state index in [9.17, 15) is 8.42 Å². The lowest BCUT2D eigenvalue weighted by molar-refractivity contribution is -0.0994. The van der Waals surface area contributed by atoms with Gasteiger partial charge >= 0.3 is 0 Å². The molecular formula is C21H26N4O5S2. The molecule has 0 amide bonds. The van der Waals surface area contributed by atoms with Gasteiger partial charge in [0.15, 0.2) is 11.3 Å². The number of anilines is 2. The Morgan fingerprint density at radius 3 is 2.66 bits per heavy atom. The van der Waals surface area contributed by atoms with Gasteiger partial charge in [-0.25, -0.2) is 4.98 Å². The molecule has 2 atom stereocenters. The summed E-state index contributed by atoms with van der Waals surface area (Å²) in [6.07, 6.45) is 1.79. The highest BCUT2D eigenvalue weighted by Gasteiger charge is 2.36. The standard InChI is InChI=1S/C21H26N4O5S2/c1-25(32(26,27)18-7-5-6-8-22-18)16-11-14(28-2)9-13-10-15(24-19(13)16)20-23-12-17(31-20)21(29-3)30-4/h5-9,11,15,17,21,24H,10,12H2,1-4H3. The Labute approximate surface area is 192 Å². The molecule has 32 heavy (non-hydrogen) atoms. The normalized spacial score (nSPS) is 20.1. The molecule has 0 saturated carbocycles. The van der Waals surface area contributed by atoms with Gasteiger partial charge in [-0.3, -0.25) is 9.30 Å². The molecule has 0 radical (unpaired) electrons. The van der Waals surface area contributed by atoms with Crippen LogP contribution >= 0.6 is 11.8 Å². The van der Waals surface area contributed by atoms with Gasteiger partial charge in [-0.05, 0) is 23.8 Å². The number of thioether (sulfide) groups is 1. The summed E-state index contributed by atoms with van der Waals surface area (Å²) in [5.74, 6) is 0.585. The third kappa shape index (κ3) is 4.17. The van der Waals surface area contributed by atoms with Crippen molar-refractivity contribution in [3.05, 3.63) is 42.1 Å². The first-order valence-electron chi connectivity index (χ1n) is 10.0. The molecule has 1 aromatic carbocycles. The van der Waals surface area contributed by atoms with E-state index in [1.807, 2.05) is 6.07 Å². The maximum Gasteiger partial charge on any atom is 0.281 e. The fourth-order valence-corrected chi connectivity index (χ4v) is 6.23. The second-order valence-electron chi connectivity index (χ2n) is 7.40. The van der Waals surface area contributed by atoms with Crippen LogP contribution in [0.25, 0.3) is 0 Å². The maximum atomic E-state index is 13.2. The minimum absolute atomic E-state index is 0.0163. The van der Waals surface area contributed by atoms with Gasteiger partial charge in [0, 0.05) is 40.0 Å². The van der Waals surface area contributed by atoms with Crippen molar-refractivity contribution in [2.45, 2.75) is 29.0 Å². The first-order valence-corrected chi connectivity index (χ1v) is 12.3. The second kappa shape index (κ2) is 9.26. The van der Waals surface area contributed by atoms with Crippen LogP contribution in [0.3, 0.4) is 0 Å². The van der Waals surface area contributed by atoms with Gasteiger partial charge in [0.2, 0.25) is 0 Å². The predicted molar refractivity (Wildman–Crippen MR) is 125 cm³/mol. The van der Waals surface area contributed by atoms with Crippen LogP contribution in [0.4, 0.5) is 11.4 Å². The molecule has 0 aliphatic carbocycles. The van der Waals surface area contributed by atoms with E-state index in [1.165, 1.54) is 23.6 Å². The van der Waals surface area contributed by atoms with Gasteiger partial charge in [0.1, 0.15) is 5.75 Å². The van der Waals surface area contributed by atoms with Crippen molar-refractivity contribution in [3.63, 3.8) is 0 Å². The number of aliphatic imine (C=N–C) groups is 1. The summed E-state index contributed by atoms with van der Waals surface area (Å²) in [4.78, 5) is 8.72. The summed E-state index contributed by atoms with van der Waals surface area (Å²) in [5.41, 5.74) is 2.22. The Morgan fingerprint density at radius 1 is 1.22 bits per heavy atom. The molecule has 4 rings (SSSR count). The number of hydrogen-bond donors (Lipinski definition) is 1. The van der Waals surface area contributed by atoms with E-state index in [-0.39, 0.29) is 22.6 Å². The number of rotatable bonds is 8. The predicted octanol–water partition coefficient (Wildman–Crippen LogP) is 2.38. The quantitative estimate of drug-likeness (QED) is 0.577. The van der Waals surface area contributed by atoms with Gasteiger partial charge in [0.25, 0.3) is 10.0 Å². The second-order valence-corrected chi connectivity index (χ2v) is 10.6. The number of sulfonamides is 1. The van der Waals surface area contributed by atoms with E-state index in [0.29, 0.717) is 24.4 Å². The Balaban J connectivity index is 1.62. The van der Waals surface area contributed by atoms with E-state index in [4.69, 9.17) is 19.2 Å². The molecule has 2 unspecified atom stereocenters. The van der Waals surface area contributed by atoms with Crippen molar-refractivity contribution in [1.29, 1.82) is 0 Å². The number of aromatic nitrogens is 1. The number of ether oxygens (including phenoxy) is 3. The van der Waals surface area contributed by atoms with Crippen LogP contribution in [-0.4, -0.2) is 70.9 Å². The molecule has 2 aliphatic heterocycles. The average molecular weight is 479 g/mol. The number of pyridine rings is 1. The van der Waals surface area contributed by atoms with Gasteiger partial charge in [0.05, 0.1) is 41.4 Å². The van der Waals surface area contributed by atoms with Crippen molar-refractivity contribution in [2.75, 3.05) is 44.5 Å². The Morgan fingerprint density at radius 2 is 2.00 bits per heavy atom. The largest absolute Gasteiger partial charge is 0.497 e. The molecule has 2 aromatic rings. The number of fused-ring (bicyclic) bond motifs is 1. The van der Waals surface area contributed by atoms with Crippen LogP contribution in [0.1, 0.15) is 5.56 Å². The average Bonchev–Trinajstić information content (AvgIpc) is 3.46. The molecule has 0 bridgehead atoms. The minimum Gasteiger partial charge on any atom is -0.497 e. The summed E-state index contributed by atoms with van der Waals surface area (Å²) in [6.45, 7) is 0.602. The number of nitrogens with one attached hydrogen (secondary N) is 1. The van der Waals surface area contributed by atoms with Crippen molar-refractivity contribution in [1.82, 2.24) is 4.98 Å². The molecule has 11 heteroatoms. The first-order chi connectivity index (χ1) is 15.4. The van der Waals surface area contributed by atoms with Crippen LogP contribution < -0.4 is 14.4 Å². The monoisotopic (exact) mass is 478 g/mol. The first kappa shape index (κ1) is 22.8. The molecule has 1 aromatic heterocycles. The molecular weight excluding hydrogens is 452 g/mol. The Kier molecular flexibility index (Phi) is 6.61.